The molecule has 0 spiro atoms. The summed E-state index contributed by atoms with van der Waals surface area (Å²) in [6.45, 7) is 0. The summed E-state index contributed by atoms with van der Waals surface area (Å²) in [7, 11) is 0. The Hall–Kier alpha value is -2.41. The largest absolute Gasteiger partial charge is 0.388 e. The zero-order valence-electron chi connectivity index (χ0n) is 9.37. The lowest BCUT2D eigenvalue weighted by Crippen LogP contribution is -2.29. The van der Waals surface area contributed by atoms with Gasteiger partial charge in [-0.1, -0.05) is 23.2 Å². The number of urea groups is 1. The first-order valence-electron chi connectivity index (χ1n) is 4.81. The van der Waals surface area contributed by atoms with Gasteiger partial charge in [-0.25, -0.2) is 4.79 Å². The molecule has 4 N–H and O–H groups in total. The molecule has 96 valence electrons. The molecule has 0 fully saturated rings. The smallest absolute Gasteiger partial charge is 0.324 e. The van der Waals surface area contributed by atoms with E-state index in [2.05, 4.69) is 10.6 Å². The third-order valence-corrected chi connectivity index (χ3v) is 2.66. The molecular weight excluding hydrogens is 289 g/mol. The summed E-state index contributed by atoms with van der Waals surface area (Å²) in [5.41, 5.74) is 4.89. The highest BCUT2D eigenvalue weighted by atomic mass is 35.5. The Balaban J connectivity index is 2.79. The van der Waals surface area contributed by atoms with Crippen LogP contribution in [0.15, 0.2) is 29.6 Å². The first-order valence-corrected chi connectivity index (χ1v) is 5.56. The highest BCUT2D eigenvalue weighted by Gasteiger charge is 2.08. The van der Waals surface area contributed by atoms with Gasteiger partial charge in [0.05, 0.1) is 10.0 Å². The van der Waals surface area contributed by atoms with Crippen LogP contribution in [0, 0.1) is 22.7 Å². The number of nitrogens with two attached hydrogens (primary N) is 1. The number of allylic oxidation sites excluding steroid dienone is 2. The highest BCUT2D eigenvalue weighted by molar-refractivity contribution is 6.42. The average molecular weight is 296 g/mol. The standard InChI is InChI=1S/C11H7Cl2N5O/c12-7-2-1-6(3-8(7)13)17-11(19)18-10(5-15)9(16)4-14/h1-3H,16H2,(H2,17,18,19). The third kappa shape index (κ3) is 4.07. The van der Waals surface area contributed by atoms with Crippen LogP contribution in [-0.4, -0.2) is 6.03 Å². The first-order chi connectivity index (χ1) is 8.97. The number of hydrogen-bond donors (Lipinski definition) is 3. The SMILES string of the molecule is N#CC(N)=C(C#N)NC(=O)Nc1ccc(Cl)c(Cl)c1. The van der Waals surface area contributed by atoms with Gasteiger partial charge in [0.2, 0.25) is 0 Å². The van der Waals surface area contributed by atoms with E-state index in [1.807, 2.05) is 0 Å². The molecule has 0 aliphatic rings. The van der Waals surface area contributed by atoms with Gasteiger partial charge in [-0.05, 0) is 18.2 Å². The van der Waals surface area contributed by atoms with Crippen molar-refractivity contribution in [2.45, 2.75) is 0 Å². The summed E-state index contributed by atoms with van der Waals surface area (Å²) in [4.78, 5) is 11.5. The number of rotatable bonds is 2. The van der Waals surface area contributed by atoms with Crippen molar-refractivity contribution in [3.63, 3.8) is 0 Å². The van der Waals surface area contributed by atoms with Crippen LogP contribution in [-0.2, 0) is 0 Å². The number of carbonyl (C=O) groups excluding carboxylic acids is 1. The molecule has 0 aliphatic carbocycles. The van der Waals surface area contributed by atoms with Crippen LogP contribution in [0.5, 0.6) is 0 Å². The topological polar surface area (TPSA) is 115 Å². The zero-order chi connectivity index (χ0) is 14.4. The number of nitriles is 2. The van der Waals surface area contributed by atoms with E-state index in [1.165, 1.54) is 18.2 Å². The maximum atomic E-state index is 11.5. The number of nitrogens with one attached hydrogen (secondary N) is 2. The van der Waals surface area contributed by atoms with Crippen LogP contribution in [0.3, 0.4) is 0 Å². The molecule has 1 aromatic rings. The molecule has 19 heavy (non-hydrogen) atoms. The Bertz CT molecular complexity index is 627. The van der Waals surface area contributed by atoms with Gasteiger partial charge in [0.15, 0.2) is 5.70 Å². The van der Waals surface area contributed by atoms with Crippen LogP contribution < -0.4 is 16.4 Å². The third-order valence-electron chi connectivity index (χ3n) is 1.92. The molecule has 0 saturated heterocycles. The summed E-state index contributed by atoms with van der Waals surface area (Å²) in [6.07, 6.45) is 0. The quantitative estimate of drug-likeness (QED) is 0.726. The van der Waals surface area contributed by atoms with Crippen molar-refractivity contribution < 1.29 is 4.79 Å². The number of halogens is 2. The Morgan fingerprint density at radius 1 is 1.21 bits per heavy atom. The predicted octanol–water partition coefficient (Wildman–Crippen LogP) is 2.33. The Kier molecular flexibility index (Phi) is 5.01. The summed E-state index contributed by atoms with van der Waals surface area (Å²) in [5, 5.41) is 22.4. The van der Waals surface area contributed by atoms with E-state index in [1.54, 1.807) is 12.1 Å². The van der Waals surface area contributed by atoms with Gasteiger partial charge in [0.25, 0.3) is 0 Å². The Morgan fingerprint density at radius 3 is 2.42 bits per heavy atom. The van der Waals surface area contributed by atoms with Crippen molar-refractivity contribution in [3.05, 3.63) is 39.6 Å². The zero-order valence-corrected chi connectivity index (χ0v) is 10.9. The second-order valence-corrected chi connectivity index (χ2v) is 4.03. The second-order valence-electron chi connectivity index (χ2n) is 3.22. The minimum atomic E-state index is -0.729. The average Bonchev–Trinajstić information content (AvgIpc) is 2.39. The highest BCUT2D eigenvalue weighted by Crippen LogP contribution is 2.24. The molecule has 0 radical (unpaired) electrons. The lowest BCUT2D eigenvalue weighted by Gasteiger charge is -2.07. The van der Waals surface area contributed by atoms with Crippen molar-refractivity contribution in [2.75, 3.05) is 5.32 Å². The molecule has 6 nitrogen and oxygen atoms in total. The van der Waals surface area contributed by atoms with Crippen molar-refractivity contribution >= 4 is 34.9 Å². The normalized spacial score (nSPS) is 10.7. The van der Waals surface area contributed by atoms with Crippen molar-refractivity contribution in [3.8, 4) is 12.1 Å². The van der Waals surface area contributed by atoms with Crippen LogP contribution in [0.1, 0.15) is 0 Å². The van der Waals surface area contributed by atoms with E-state index in [9.17, 15) is 4.79 Å². The van der Waals surface area contributed by atoms with E-state index in [0.29, 0.717) is 10.7 Å². The number of amides is 2. The van der Waals surface area contributed by atoms with E-state index < -0.39 is 6.03 Å². The molecule has 1 rings (SSSR count). The molecule has 1 aromatic carbocycles. The molecule has 0 atom stereocenters. The lowest BCUT2D eigenvalue weighted by molar-refractivity contribution is 0.254. The minimum Gasteiger partial charge on any atom is -0.388 e. The second kappa shape index (κ2) is 6.50. The fraction of sp³-hybridized carbons (Fsp3) is 0. The number of nitrogens with zero attached hydrogens (tertiary/aromatic N) is 2. The minimum absolute atomic E-state index is 0.270. The van der Waals surface area contributed by atoms with Crippen LogP contribution in [0.2, 0.25) is 10.0 Å². The van der Waals surface area contributed by atoms with Gasteiger partial charge in [-0.2, -0.15) is 10.5 Å². The first kappa shape index (κ1) is 14.7. The predicted molar refractivity (Wildman–Crippen MR) is 71.1 cm³/mol. The monoisotopic (exact) mass is 295 g/mol. The van der Waals surface area contributed by atoms with E-state index in [-0.39, 0.29) is 16.4 Å². The fourth-order valence-electron chi connectivity index (χ4n) is 1.06. The number of carbonyl (C=O) groups is 1. The molecule has 8 heteroatoms. The van der Waals surface area contributed by atoms with Crippen molar-refractivity contribution in [2.24, 2.45) is 5.73 Å². The Morgan fingerprint density at radius 2 is 1.89 bits per heavy atom. The van der Waals surface area contributed by atoms with Crippen LogP contribution in [0.25, 0.3) is 0 Å². The van der Waals surface area contributed by atoms with Gasteiger partial charge in [0, 0.05) is 5.69 Å². The summed E-state index contributed by atoms with van der Waals surface area (Å²) >= 11 is 11.5. The van der Waals surface area contributed by atoms with Gasteiger partial charge in [0.1, 0.15) is 17.8 Å². The molecule has 2 amide bonds. The maximum Gasteiger partial charge on any atom is 0.324 e. The molecule has 0 saturated carbocycles. The van der Waals surface area contributed by atoms with Crippen molar-refractivity contribution in [1.82, 2.24) is 5.32 Å². The molecule has 0 bridgehead atoms. The number of hydrogen-bond acceptors (Lipinski definition) is 4. The van der Waals surface area contributed by atoms with Gasteiger partial charge < -0.3 is 11.1 Å². The molecule has 0 aliphatic heterocycles. The van der Waals surface area contributed by atoms with Gasteiger partial charge in [-0.3, -0.25) is 5.32 Å². The van der Waals surface area contributed by atoms with E-state index in [4.69, 9.17) is 39.5 Å². The van der Waals surface area contributed by atoms with E-state index in [0.717, 1.165) is 0 Å². The van der Waals surface area contributed by atoms with Crippen LogP contribution >= 0.6 is 23.2 Å². The molecule has 0 unspecified atom stereocenters. The fourth-order valence-corrected chi connectivity index (χ4v) is 1.36. The lowest BCUT2D eigenvalue weighted by atomic mass is 10.3. The maximum absolute atomic E-state index is 11.5. The molecule has 0 heterocycles. The summed E-state index contributed by atoms with van der Waals surface area (Å²) < 4.78 is 0. The molecule has 0 aromatic heterocycles. The summed E-state index contributed by atoms with van der Waals surface area (Å²) in [5.74, 6) is 0. The van der Waals surface area contributed by atoms with Crippen LogP contribution in [0.4, 0.5) is 10.5 Å². The number of anilines is 1. The van der Waals surface area contributed by atoms with Crippen molar-refractivity contribution in [1.29, 1.82) is 10.5 Å². The summed E-state index contributed by atoms with van der Waals surface area (Å²) in [6, 6.07) is 6.90. The Labute approximate surface area is 119 Å². The molecular formula is C11H7Cl2N5O. The van der Waals surface area contributed by atoms with Gasteiger partial charge in [-0.15, -0.1) is 0 Å². The van der Waals surface area contributed by atoms with Gasteiger partial charge >= 0.3 is 6.03 Å². The number of benzene rings is 1. The van der Waals surface area contributed by atoms with E-state index >= 15 is 0 Å².